The van der Waals surface area contributed by atoms with Gasteiger partial charge in [0.2, 0.25) is 0 Å². The second-order valence-corrected chi connectivity index (χ2v) is 7.15. The van der Waals surface area contributed by atoms with Crippen molar-refractivity contribution in [3.8, 4) is 5.75 Å². The van der Waals surface area contributed by atoms with Gasteiger partial charge in [0.25, 0.3) is 5.91 Å². The van der Waals surface area contributed by atoms with Crippen LogP contribution >= 0.6 is 0 Å². The monoisotopic (exact) mass is 339 g/mol. The fraction of sp³-hybridized carbons (Fsp3) is 0.400. The van der Waals surface area contributed by atoms with Gasteiger partial charge in [0, 0.05) is 24.0 Å². The number of methoxy groups -OCH3 is 1. The van der Waals surface area contributed by atoms with Crippen molar-refractivity contribution < 1.29 is 19.4 Å². The number of hydrogen-bond donors (Lipinski definition) is 1. The number of carbonyl (C=O) groups excluding carboxylic acids is 2. The normalized spacial score (nSPS) is 21.3. The molecule has 0 aromatic heterocycles. The predicted molar refractivity (Wildman–Crippen MR) is 93.3 cm³/mol. The first-order valence-electron chi connectivity index (χ1n) is 8.63. The molecule has 5 heteroatoms. The van der Waals surface area contributed by atoms with Gasteiger partial charge in [0.05, 0.1) is 13.0 Å². The average Bonchev–Trinajstić information content (AvgIpc) is 3.34. The van der Waals surface area contributed by atoms with Crippen molar-refractivity contribution in [2.24, 2.45) is 11.3 Å². The highest BCUT2D eigenvalue weighted by molar-refractivity contribution is 6.00. The molecule has 4 rings (SSSR count). The topological polar surface area (TPSA) is 66.8 Å². The summed E-state index contributed by atoms with van der Waals surface area (Å²) in [5.41, 5.74) is 0.544. The fourth-order valence-electron chi connectivity index (χ4n) is 4.13. The number of nitrogens with zero attached hydrogens (tertiary/aromatic N) is 1. The third-order valence-corrected chi connectivity index (χ3v) is 5.81. The molecule has 5 nitrogen and oxygen atoms in total. The van der Waals surface area contributed by atoms with Gasteiger partial charge in [-0.05, 0) is 42.2 Å². The minimum Gasteiger partial charge on any atom is -0.507 e. The number of phenolic OH excluding ortho intramolecular Hbond substituents is 1. The smallest absolute Gasteiger partial charge is 0.309 e. The second-order valence-electron chi connectivity index (χ2n) is 7.15. The molecule has 2 aliphatic rings. The number of fused-ring (bicyclic) bond motifs is 1. The van der Waals surface area contributed by atoms with Crippen molar-refractivity contribution in [3.05, 3.63) is 42.0 Å². The molecule has 0 unspecified atom stereocenters. The highest BCUT2D eigenvalue weighted by Crippen LogP contribution is 2.59. The lowest BCUT2D eigenvalue weighted by Crippen LogP contribution is -2.40. The van der Waals surface area contributed by atoms with Gasteiger partial charge in [0.1, 0.15) is 5.75 Å². The van der Waals surface area contributed by atoms with Crippen molar-refractivity contribution in [3.63, 3.8) is 0 Å². The summed E-state index contributed by atoms with van der Waals surface area (Å²) in [6, 6.07) is 10.9. The van der Waals surface area contributed by atoms with E-state index in [1.807, 2.05) is 35.2 Å². The Hall–Kier alpha value is -2.56. The Morgan fingerprint density at radius 2 is 1.92 bits per heavy atom. The molecule has 0 bridgehead atoms. The number of hydrogen-bond acceptors (Lipinski definition) is 4. The summed E-state index contributed by atoms with van der Waals surface area (Å²) >= 11 is 0. The van der Waals surface area contributed by atoms with Gasteiger partial charge in [-0.1, -0.05) is 24.3 Å². The molecule has 1 atom stereocenters. The number of amides is 1. The minimum absolute atomic E-state index is 0.000495. The van der Waals surface area contributed by atoms with Gasteiger partial charge >= 0.3 is 5.97 Å². The van der Waals surface area contributed by atoms with Crippen molar-refractivity contribution in [2.45, 2.75) is 19.3 Å². The lowest BCUT2D eigenvalue weighted by molar-refractivity contribution is -0.143. The van der Waals surface area contributed by atoms with E-state index < -0.39 is 0 Å². The third-order valence-electron chi connectivity index (χ3n) is 5.81. The molecule has 1 heterocycles. The largest absolute Gasteiger partial charge is 0.507 e. The number of ether oxygens (including phenoxy) is 1. The van der Waals surface area contributed by atoms with Crippen LogP contribution in [0, 0.1) is 11.3 Å². The maximum Gasteiger partial charge on any atom is 0.309 e. The molecule has 2 aromatic rings. The molecule has 1 spiro atoms. The molecule has 1 saturated heterocycles. The third kappa shape index (κ3) is 2.64. The van der Waals surface area contributed by atoms with E-state index in [0.717, 1.165) is 30.0 Å². The molecule has 1 amide bonds. The maximum atomic E-state index is 12.8. The summed E-state index contributed by atoms with van der Waals surface area (Å²) < 4.78 is 4.85. The van der Waals surface area contributed by atoms with Crippen molar-refractivity contribution in [2.75, 3.05) is 20.2 Å². The van der Waals surface area contributed by atoms with E-state index in [-0.39, 0.29) is 29.0 Å². The number of carbonyl (C=O) groups is 2. The summed E-state index contributed by atoms with van der Waals surface area (Å²) in [4.78, 5) is 26.4. The summed E-state index contributed by atoms with van der Waals surface area (Å²) in [7, 11) is 1.43. The fourth-order valence-corrected chi connectivity index (χ4v) is 4.13. The first-order chi connectivity index (χ1) is 12.0. The quantitative estimate of drug-likeness (QED) is 0.854. The number of aromatic hydroxyl groups is 1. The van der Waals surface area contributed by atoms with Crippen LogP contribution in [0.25, 0.3) is 10.8 Å². The molecular weight excluding hydrogens is 318 g/mol. The van der Waals surface area contributed by atoms with Crippen molar-refractivity contribution in [1.29, 1.82) is 0 Å². The zero-order valence-corrected chi connectivity index (χ0v) is 14.2. The van der Waals surface area contributed by atoms with E-state index in [0.29, 0.717) is 18.7 Å². The summed E-state index contributed by atoms with van der Waals surface area (Å²) in [6.07, 6.45) is 2.54. The van der Waals surface area contributed by atoms with Crippen LogP contribution in [0.4, 0.5) is 0 Å². The van der Waals surface area contributed by atoms with Gasteiger partial charge in [-0.2, -0.15) is 0 Å². The molecular formula is C20H21NO4. The van der Waals surface area contributed by atoms with E-state index in [4.69, 9.17) is 4.74 Å². The highest BCUT2D eigenvalue weighted by Gasteiger charge is 2.59. The van der Waals surface area contributed by atoms with E-state index in [9.17, 15) is 14.7 Å². The second kappa shape index (κ2) is 5.76. The molecule has 1 aliphatic heterocycles. The average molecular weight is 339 g/mol. The molecule has 1 aliphatic carbocycles. The van der Waals surface area contributed by atoms with Crippen molar-refractivity contribution >= 4 is 22.6 Å². The SMILES string of the molecule is COC(=O)[C@@H]1CC12CCN(C(=O)c1cc(O)c3ccccc3c1)CC2. The lowest BCUT2D eigenvalue weighted by atomic mass is 9.90. The first kappa shape index (κ1) is 15.9. The first-order valence-corrected chi connectivity index (χ1v) is 8.63. The van der Waals surface area contributed by atoms with Crippen LogP contribution in [-0.2, 0) is 9.53 Å². The van der Waals surface area contributed by atoms with Crippen LogP contribution in [0.15, 0.2) is 36.4 Å². The van der Waals surface area contributed by atoms with Gasteiger partial charge < -0.3 is 14.7 Å². The Morgan fingerprint density at radius 3 is 2.64 bits per heavy atom. The van der Waals surface area contributed by atoms with Crippen LogP contribution in [0.5, 0.6) is 5.75 Å². The number of benzene rings is 2. The molecule has 0 radical (unpaired) electrons. The highest BCUT2D eigenvalue weighted by atomic mass is 16.5. The number of likely N-dealkylation sites (tertiary alicyclic amines) is 1. The Bertz CT molecular complexity index is 852. The Kier molecular flexibility index (Phi) is 3.67. The number of phenols is 1. The van der Waals surface area contributed by atoms with Gasteiger partial charge in [-0.15, -0.1) is 0 Å². The van der Waals surface area contributed by atoms with Crippen LogP contribution in [0.3, 0.4) is 0 Å². The van der Waals surface area contributed by atoms with Gasteiger partial charge in [0.15, 0.2) is 0 Å². The van der Waals surface area contributed by atoms with Crippen LogP contribution in [0.1, 0.15) is 29.6 Å². The van der Waals surface area contributed by atoms with E-state index >= 15 is 0 Å². The summed E-state index contributed by atoms with van der Waals surface area (Å²) in [6.45, 7) is 1.28. The van der Waals surface area contributed by atoms with Crippen molar-refractivity contribution in [1.82, 2.24) is 4.90 Å². The molecule has 2 fully saturated rings. The van der Waals surface area contributed by atoms with Gasteiger partial charge in [-0.25, -0.2) is 0 Å². The number of esters is 1. The summed E-state index contributed by atoms with van der Waals surface area (Å²) in [5, 5.41) is 11.8. The molecule has 25 heavy (non-hydrogen) atoms. The molecule has 2 aromatic carbocycles. The Balaban J connectivity index is 1.49. The number of rotatable bonds is 2. The predicted octanol–water partition coefficient (Wildman–Crippen LogP) is 2.96. The standard InChI is InChI=1S/C20H21NO4/c1-25-19(24)16-12-20(16)6-8-21(9-7-20)18(23)14-10-13-4-2-3-5-15(13)17(22)11-14/h2-5,10-11,16,22H,6-9,12H2,1H3/t16-/m0/s1. The zero-order valence-electron chi connectivity index (χ0n) is 14.2. The number of piperidine rings is 1. The Morgan fingerprint density at radius 1 is 1.20 bits per heavy atom. The van der Waals surface area contributed by atoms with Crippen LogP contribution in [0.2, 0.25) is 0 Å². The molecule has 1 N–H and O–H groups in total. The minimum atomic E-state index is -0.126. The van der Waals surface area contributed by atoms with Gasteiger partial charge in [-0.3, -0.25) is 9.59 Å². The maximum absolute atomic E-state index is 12.8. The lowest BCUT2D eigenvalue weighted by Gasteiger charge is -2.32. The molecule has 130 valence electrons. The summed E-state index contributed by atoms with van der Waals surface area (Å²) in [5.74, 6) is -0.0623. The van der Waals surface area contributed by atoms with E-state index in [1.165, 1.54) is 7.11 Å². The van der Waals surface area contributed by atoms with Crippen LogP contribution < -0.4 is 0 Å². The molecule has 1 saturated carbocycles. The van der Waals surface area contributed by atoms with Crippen LogP contribution in [-0.4, -0.2) is 42.1 Å². The Labute approximate surface area is 146 Å². The zero-order chi connectivity index (χ0) is 17.6. The van der Waals surface area contributed by atoms with E-state index in [2.05, 4.69) is 0 Å². The van der Waals surface area contributed by atoms with E-state index in [1.54, 1.807) is 6.07 Å².